The van der Waals surface area contributed by atoms with Gasteiger partial charge in [0.15, 0.2) is 6.61 Å². The summed E-state index contributed by atoms with van der Waals surface area (Å²) in [6.45, 7) is 3.05. The summed E-state index contributed by atoms with van der Waals surface area (Å²) in [5.41, 5.74) is 0.638. The van der Waals surface area contributed by atoms with E-state index in [0.717, 1.165) is 0 Å². The third-order valence-corrected chi connectivity index (χ3v) is 1.62. The van der Waals surface area contributed by atoms with Crippen LogP contribution >= 0.6 is 0 Å². The van der Waals surface area contributed by atoms with Crippen LogP contribution in [0.2, 0.25) is 0 Å². The maximum Gasteiger partial charge on any atom is 0.422 e. The van der Waals surface area contributed by atoms with E-state index in [1.54, 1.807) is 19.9 Å². The fourth-order valence-corrected chi connectivity index (χ4v) is 0.828. The van der Waals surface area contributed by atoms with Crippen LogP contribution in [0.15, 0.2) is 18.5 Å². The van der Waals surface area contributed by atoms with Crippen molar-refractivity contribution in [3.8, 4) is 5.75 Å². The molecule has 0 amide bonds. The molecule has 0 aliphatic rings. The van der Waals surface area contributed by atoms with Crippen molar-refractivity contribution in [1.82, 2.24) is 4.98 Å². The Balaban J connectivity index is 0.000000494. The second kappa shape index (κ2) is 8.32. The molecule has 1 heterocycles. The van der Waals surface area contributed by atoms with Crippen molar-refractivity contribution in [3.05, 3.63) is 24.0 Å². The molecule has 7 heteroatoms. The van der Waals surface area contributed by atoms with Gasteiger partial charge in [0.05, 0.1) is 12.8 Å². The van der Waals surface area contributed by atoms with E-state index in [4.69, 9.17) is 0 Å². The molecule has 0 aromatic carbocycles. The molecule has 102 valence electrons. The van der Waals surface area contributed by atoms with Crippen LogP contribution in [0.25, 0.3) is 0 Å². The van der Waals surface area contributed by atoms with Gasteiger partial charge in [-0.25, -0.2) is 0 Å². The number of carbonyl (C=O) groups is 1. The van der Waals surface area contributed by atoms with Gasteiger partial charge in [-0.05, 0) is 25.5 Å². The number of aryl methyl sites for hydroxylation is 1. The highest BCUT2D eigenvalue weighted by atomic mass is 19.4. The van der Waals surface area contributed by atoms with Crippen LogP contribution in [0, 0.1) is 6.92 Å². The summed E-state index contributed by atoms with van der Waals surface area (Å²) in [5, 5.41) is 0. The number of alkyl halides is 3. The molecular formula is C11H14F3NO3. The molecule has 0 radical (unpaired) electrons. The van der Waals surface area contributed by atoms with Crippen LogP contribution in [0.4, 0.5) is 13.2 Å². The quantitative estimate of drug-likeness (QED) is 0.785. The lowest BCUT2D eigenvalue weighted by Gasteiger charge is -2.09. The predicted octanol–water partition coefficient (Wildman–Crippen LogP) is 2.51. The van der Waals surface area contributed by atoms with Crippen molar-refractivity contribution in [1.29, 1.82) is 0 Å². The van der Waals surface area contributed by atoms with E-state index >= 15 is 0 Å². The number of pyridine rings is 1. The van der Waals surface area contributed by atoms with Gasteiger partial charge in [0, 0.05) is 6.20 Å². The summed E-state index contributed by atoms with van der Waals surface area (Å²) in [6, 6.07) is 1.59. The van der Waals surface area contributed by atoms with Gasteiger partial charge in [-0.15, -0.1) is 0 Å². The van der Waals surface area contributed by atoms with Crippen molar-refractivity contribution in [2.45, 2.75) is 20.0 Å². The van der Waals surface area contributed by atoms with Gasteiger partial charge in [0.1, 0.15) is 5.75 Å². The smallest absolute Gasteiger partial charge is 0.422 e. The van der Waals surface area contributed by atoms with E-state index < -0.39 is 12.8 Å². The van der Waals surface area contributed by atoms with Crippen molar-refractivity contribution < 1.29 is 27.4 Å². The van der Waals surface area contributed by atoms with Crippen LogP contribution in [0.1, 0.15) is 12.5 Å². The molecule has 4 nitrogen and oxygen atoms in total. The van der Waals surface area contributed by atoms with E-state index in [9.17, 15) is 18.0 Å². The first-order valence-electron chi connectivity index (χ1n) is 5.06. The number of aromatic nitrogens is 1. The first-order chi connectivity index (χ1) is 8.40. The molecule has 18 heavy (non-hydrogen) atoms. The lowest BCUT2D eigenvalue weighted by molar-refractivity contribution is -0.153. The number of rotatable bonds is 4. The van der Waals surface area contributed by atoms with Crippen molar-refractivity contribution in [2.75, 3.05) is 13.2 Å². The maximum atomic E-state index is 11.7. The Morgan fingerprint density at radius 3 is 2.50 bits per heavy atom. The minimum absolute atomic E-state index is 0.167. The van der Waals surface area contributed by atoms with Crippen LogP contribution < -0.4 is 4.74 Å². The topological polar surface area (TPSA) is 48.4 Å². The minimum atomic E-state index is -4.30. The highest BCUT2D eigenvalue weighted by Gasteiger charge is 2.28. The number of hydrogen-bond acceptors (Lipinski definition) is 4. The number of nitrogens with zero attached hydrogens (tertiary/aromatic N) is 1. The van der Waals surface area contributed by atoms with Gasteiger partial charge in [0.2, 0.25) is 0 Å². The summed E-state index contributed by atoms with van der Waals surface area (Å²) in [6.07, 6.45) is -1.54. The molecule has 1 aromatic heterocycles. The molecule has 1 aromatic rings. The monoisotopic (exact) mass is 265 g/mol. The second-order valence-electron chi connectivity index (χ2n) is 3.10. The summed E-state index contributed by atoms with van der Waals surface area (Å²) in [4.78, 5) is 12.8. The molecular weight excluding hydrogens is 251 g/mol. The Kier molecular flexibility index (Phi) is 7.50. The Bertz CT molecular complexity index is 356. The Labute approximate surface area is 103 Å². The number of hydrogen-bond donors (Lipinski definition) is 0. The second-order valence-corrected chi connectivity index (χ2v) is 3.10. The molecule has 0 N–H and O–H groups in total. The zero-order valence-corrected chi connectivity index (χ0v) is 10.0. The normalized spacial score (nSPS) is 10.1. The number of halogens is 3. The molecule has 0 fully saturated rings. The Morgan fingerprint density at radius 1 is 1.44 bits per heavy atom. The lowest BCUT2D eigenvalue weighted by atomic mass is 10.3. The summed E-state index contributed by atoms with van der Waals surface area (Å²) >= 11 is 0. The minimum Gasteiger partial charge on any atom is -0.482 e. The van der Waals surface area contributed by atoms with Gasteiger partial charge >= 0.3 is 6.18 Å². The summed E-state index contributed by atoms with van der Waals surface area (Å²) < 4.78 is 43.8. The summed E-state index contributed by atoms with van der Waals surface area (Å²) in [5.74, 6) is 0.167. The van der Waals surface area contributed by atoms with Gasteiger partial charge in [0.25, 0.3) is 6.47 Å². The third kappa shape index (κ3) is 8.37. The van der Waals surface area contributed by atoms with Crippen molar-refractivity contribution in [3.63, 3.8) is 0 Å². The number of carbonyl (C=O) groups excluding carboxylic acids is 1. The van der Waals surface area contributed by atoms with E-state index in [-0.39, 0.29) is 5.75 Å². The molecule has 0 atom stereocenters. The molecule has 0 spiro atoms. The molecule has 0 bridgehead atoms. The zero-order valence-electron chi connectivity index (χ0n) is 10.0. The van der Waals surface area contributed by atoms with Gasteiger partial charge in [-0.3, -0.25) is 9.78 Å². The largest absolute Gasteiger partial charge is 0.482 e. The predicted molar refractivity (Wildman–Crippen MR) is 58.2 cm³/mol. The fourth-order valence-electron chi connectivity index (χ4n) is 0.828. The first kappa shape index (κ1) is 16.2. The average Bonchev–Trinajstić information content (AvgIpc) is 2.29. The van der Waals surface area contributed by atoms with E-state index in [1.165, 1.54) is 12.4 Å². The third-order valence-electron chi connectivity index (χ3n) is 1.62. The van der Waals surface area contributed by atoms with E-state index in [1.807, 2.05) is 0 Å². The van der Waals surface area contributed by atoms with Crippen LogP contribution in [0.3, 0.4) is 0 Å². The fraction of sp³-hybridized carbons (Fsp3) is 0.455. The Hall–Kier alpha value is -1.79. The van der Waals surface area contributed by atoms with E-state index in [2.05, 4.69) is 14.5 Å². The molecule has 0 aliphatic carbocycles. The molecule has 0 saturated heterocycles. The van der Waals surface area contributed by atoms with Gasteiger partial charge in [-0.1, -0.05) is 0 Å². The average molecular weight is 265 g/mol. The van der Waals surface area contributed by atoms with Gasteiger partial charge < -0.3 is 9.47 Å². The van der Waals surface area contributed by atoms with Crippen LogP contribution in [0.5, 0.6) is 5.75 Å². The number of ether oxygens (including phenoxy) is 2. The highest BCUT2D eigenvalue weighted by Crippen LogP contribution is 2.20. The van der Waals surface area contributed by atoms with Crippen molar-refractivity contribution in [2.24, 2.45) is 0 Å². The SMILES string of the molecule is CCOC=O.Cc1ccncc1OCC(F)(F)F. The molecule has 1 rings (SSSR count). The highest BCUT2D eigenvalue weighted by molar-refractivity contribution is 5.36. The standard InChI is InChI=1S/C8H8F3NO.C3H6O2/c1-6-2-3-12-4-7(6)13-5-8(9,10)11;1-2-5-3-4/h2-4H,5H2,1H3;3H,2H2,1H3. The van der Waals surface area contributed by atoms with Crippen LogP contribution in [-0.4, -0.2) is 30.8 Å². The molecule has 0 aliphatic heterocycles. The molecule has 0 unspecified atom stereocenters. The van der Waals surface area contributed by atoms with Crippen molar-refractivity contribution >= 4 is 6.47 Å². The van der Waals surface area contributed by atoms with E-state index in [0.29, 0.717) is 18.6 Å². The zero-order chi connectivity index (χ0) is 14.0. The van der Waals surface area contributed by atoms with Crippen LogP contribution in [-0.2, 0) is 9.53 Å². The Morgan fingerprint density at radius 2 is 2.11 bits per heavy atom. The van der Waals surface area contributed by atoms with Gasteiger partial charge in [-0.2, -0.15) is 13.2 Å². The summed E-state index contributed by atoms with van der Waals surface area (Å²) in [7, 11) is 0. The first-order valence-corrected chi connectivity index (χ1v) is 5.06. The maximum absolute atomic E-state index is 11.7. The lowest BCUT2D eigenvalue weighted by Crippen LogP contribution is -2.19. The molecule has 0 saturated carbocycles.